The van der Waals surface area contributed by atoms with Crippen molar-refractivity contribution < 1.29 is 27.1 Å². The third kappa shape index (κ3) is 5.98. The summed E-state index contributed by atoms with van der Waals surface area (Å²) >= 11 is 0.997. The number of nitrogens with one attached hydrogen (secondary N) is 1. The zero-order valence-electron chi connectivity index (χ0n) is 17.2. The molecule has 1 aromatic heterocycles. The summed E-state index contributed by atoms with van der Waals surface area (Å²) in [6, 6.07) is 13.6. The fraction of sp³-hybridized carbons (Fsp3) is 0.227. The lowest BCUT2D eigenvalue weighted by Crippen LogP contribution is -2.14. The van der Waals surface area contributed by atoms with Gasteiger partial charge in [-0.3, -0.25) is 4.79 Å². The van der Waals surface area contributed by atoms with Crippen molar-refractivity contribution in [1.82, 2.24) is 4.98 Å². The average molecular weight is 477 g/mol. The van der Waals surface area contributed by atoms with Gasteiger partial charge in [-0.15, -0.1) is 0 Å². The van der Waals surface area contributed by atoms with E-state index in [1.165, 1.54) is 12.1 Å². The molecule has 0 aliphatic carbocycles. The van der Waals surface area contributed by atoms with Crippen LogP contribution in [-0.4, -0.2) is 37.6 Å². The van der Waals surface area contributed by atoms with Gasteiger partial charge in [-0.25, -0.2) is 22.6 Å². The molecule has 0 saturated carbocycles. The maximum absolute atomic E-state index is 13.0. The Hall–Kier alpha value is -3.11. The lowest BCUT2D eigenvalue weighted by atomic mass is 10.1. The molecule has 0 unspecified atom stereocenters. The van der Waals surface area contributed by atoms with Gasteiger partial charge < -0.3 is 10.1 Å². The predicted molar refractivity (Wildman–Crippen MR) is 120 cm³/mol. The van der Waals surface area contributed by atoms with Crippen molar-refractivity contribution in [1.29, 1.82) is 0 Å². The van der Waals surface area contributed by atoms with E-state index in [1.54, 1.807) is 19.1 Å². The maximum atomic E-state index is 13.0. The number of carbonyl (C=O) groups is 2. The number of carbonyl (C=O) groups excluding carboxylic acids is 2. The van der Waals surface area contributed by atoms with Gasteiger partial charge in [-0.05, 0) is 37.6 Å². The Morgan fingerprint density at radius 1 is 1.09 bits per heavy atom. The summed E-state index contributed by atoms with van der Waals surface area (Å²) < 4.78 is 42.7. The Bertz CT molecular complexity index is 1190. The summed E-state index contributed by atoms with van der Waals surface area (Å²) in [5.74, 6) is -1.74. The number of benzene rings is 2. The van der Waals surface area contributed by atoms with Crippen LogP contribution in [0.15, 0.2) is 59.5 Å². The lowest BCUT2D eigenvalue weighted by Gasteiger charge is -2.05. The Balaban J connectivity index is 1.66. The molecule has 1 N–H and O–H groups in total. The number of halogens is 1. The minimum atomic E-state index is -3.62. The fourth-order valence-corrected chi connectivity index (χ4v) is 5.07. The standard InChI is InChI=1S/C22H21FN2O5S2/c1-2-30-21(27)20-19(15-7-4-3-5-8-15)25-22(31-20)24-18(26)9-6-14-32(28,29)17-12-10-16(23)11-13-17/h3-5,7-8,10-13H,2,6,9,14H2,1H3,(H,24,25,26). The second-order valence-electron chi connectivity index (χ2n) is 6.71. The summed E-state index contributed by atoms with van der Waals surface area (Å²) in [5.41, 5.74) is 1.11. The van der Waals surface area contributed by atoms with E-state index in [4.69, 9.17) is 4.74 Å². The van der Waals surface area contributed by atoms with Crippen LogP contribution in [0.5, 0.6) is 0 Å². The number of hydrogen-bond acceptors (Lipinski definition) is 7. The first kappa shape index (κ1) is 23.6. The smallest absolute Gasteiger partial charge is 0.350 e. The Labute approximate surface area is 189 Å². The van der Waals surface area contributed by atoms with Crippen molar-refractivity contribution in [3.63, 3.8) is 0 Å². The molecule has 168 valence electrons. The molecule has 10 heteroatoms. The molecule has 32 heavy (non-hydrogen) atoms. The van der Waals surface area contributed by atoms with Gasteiger partial charge in [-0.2, -0.15) is 0 Å². The number of anilines is 1. The van der Waals surface area contributed by atoms with E-state index < -0.39 is 27.5 Å². The quantitative estimate of drug-likeness (QED) is 0.365. The van der Waals surface area contributed by atoms with Crippen molar-refractivity contribution in [2.24, 2.45) is 0 Å². The summed E-state index contributed by atoms with van der Waals surface area (Å²) in [4.78, 5) is 29.3. The Morgan fingerprint density at radius 3 is 2.44 bits per heavy atom. The summed E-state index contributed by atoms with van der Waals surface area (Å²) in [6.45, 7) is 1.90. The molecule has 0 fully saturated rings. The van der Waals surface area contributed by atoms with Gasteiger partial charge in [0.1, 0.15) is 10.7 Å². The van der Waals surface area contributed by atoms with Crippen molar-refractivity contribution >= 4 is 38.2 Å². The molecule has 1 amide bonds. The minimum absolute atomic E-state index is 0.00538. The van der Waals surface area contributed by atoms with Crippen LogP contribution in [-0.2, 0) is 19.4 Å². The van der Waals surface area contributed by atoms with Gasteiger partial charge >= 0.3 is 5.97 Å². The monoisotopic (exact) mass is 476 g/mol. The zero-order chi connectivity index (χ0) is 23.1. The van der Waals surface area contributed by atoms with E-state index in [1.807, 2.05) is 18.2 Å². The van der Waals surface area contributed by atoms with Crippen molar-refractivity contribution in [2.75, 3.05) is 17.7 Å². The minimum Gasteiger partial charge on any atom is -0.462 e. The summed E-state index contributed by atoms with van der Waals surface area (Å²) in [7, 11) is -3.62. The molecule has 0 aliphatic rings. The van der Waals surface area contributed by atoms with Crippen molar-refractivity contribution in [3.8, 4) is 11.3 Å². The van der Waals surface area contributed by atoms with E-state index in [9.17, 15) is 22.4 Å². The zero-order valence-corrected chi connectivity index (χ0v) is 18.8. The first-order chi connectivity index (χ1) is 15.3. The third-order valence-corrected chi connectivity index (χ3v) is 7.14. The summed E-state index contributed by atoms with van der Waals surface area (Å²) in [5, 5.41) is 2.84. The third-order valence-electron chi connectivity index (χ3n) is 4.37. The van der Waals surface area contributed by atoms with Crippen molar-refractivity contribution in [2.45, 2.75) is 24.7 Å². The van der Waals surface area contributed by atoms with Gasteiger partial charge in [0.05, 0.1) is 22.9 Å². The van der Waals surface area contributed by atoms with Gasteiger partial charge in [0.2, 0.25) is 5.91 Å². The SMILES string of the molecule is CCOC(=O)c1sc(NC(=O)CCCS(=O)(=O)c2ccc(F)cc2)nc1-c1ccccc1. The van der Waals surface area contributed by atoms with E-state index >= 15 is 0 Å². The number of ether oxygens (including phenoxy) is 1. The van der Waals surface area contributed by atoms with Crippen LogP contribution in [0.25, 0.3) is 11.3 Å². The van der Waals surface area contributed by atoms with E-state index in [0.29, 0.717) is 11.3 Å². The van der Waals surface area contributed by atoms with Crippen LogP contribution in [0.4, 0.5) is 9.52 Å². The first-order valence-corrected chi connectivity index (χ1v) is 12.3. The highest BCUT2D eigenvalue weighted by molar-refractivity contribution is 7.91. The molecular weight excluding hydrogens is 455 g/mol. The molecule has 0 atom stereocenters. The topological polar surface area (TPSA) is 102 Å². The van der Waals surface area contributed by atoms with Crippen molar-refractivity contribution in [3.05, 3.63) is 65.3 Å². The number of esters is 1. The highest BCUT2D eigenvalue weighted by Crippen LogP contribution is 2.32. The normalized spacial score (nSPS) is 11.2. The number of rotatable bonds is 9. The van der Waals surface area contributed by atoms with E-state index in [-0.39, 0.29) is 40.1 Å². The number of thiazole rings is 1. The second kappa shape index (κ2) is 10.5. The van der Waals surface area contributed by atoms with Gasteiger partial charge in [0.15, 0.2) is 15.0 Å². The van der Waals surface area contributed by atoms with Gasteiger partial charge in [0, 0.05) is 12.0 Å². The Kier molecular flexibility index (Phi) is 7.70. The molecule has 3 rings (SSSR count). The Morgan fingerprint density at radius 2 is 1.78 bits per heavy atom. The largest absolute Gasteiger partial charge is 0.462 e. The number of sulfone groups is 1. The van der Waals surface area contributed by atoms with Crippen LogP contribution in [0.3, 0.4) is 0 Å². The predicted octanol–water partition coefficient (Wildman–Crippen LogP) is 4.32. The van der Waals surface area contributed by atoms with Crippen LogP contribution in [0.2, 0.25) is 0 Å². The molecule has 0 aliphatic heterocycles. The molecule has 3 aromatic rings. The van der Waals surface area contributed by atoms with Gasteiger partial charge in [-0.1, -0.05) is 41.7 Å². The second-order valence-corrected chi connectivity index (χ2v) is 9.82. The van der Waals surface area contributed by atoms with E-state index in [2.05, 4.69) is 10.3 Å². The first-order valence-electron chi connectivity index (χ1n) is 9.81. The van der Waals surface area contributed by atoms with Gasteiger partial charge in [0.25, 0.3) is 0 Å². The van der Waals surface area contributed by atoms with Crippen LogP contribution in [0.1, 0.15) is 29.4 Å². The molecule has 1 heterocycles. The maximum Gasteiger partial charge on any atom is 0.350 e. The van der Waals surface area contributed by atoms with Crippen LogP contribution >= 0.6 is 11.3 Å². The molecule has 2 aromatic carbocycles. The number of nitrogens with zero attached hydrogens (tertiary/aromatic N) is 1. The summed E-state index contributed by atoms with van der Waals surface area (Å²) in [6.07, 6.45) is 0.0165. The van der Waals surface area contributed by atoms with Crippen LogP contribution in [0, 0.1) is 5.82 Å². The molecule has 0 saturated heterocycles. The molecule has 0 radical (unpaired) electrons. The fourth-order valence-electron chi connectivity index (χ4n) is 2.86. The highest BCUT2D eigenvalue weighted by Gasteiger charge is 2.22. The lowest BCUT2D eigenvalue weighted by molar-refractivity contribution is -0.116. The number of amides is 1. The number of hydrogen-bond donors (Lipinski definition) is 1. The molecule has 0 bridgehead atoms. The van der Waals surface area contributed by atoms with E-state index in [0.717, 1.165) is 23.5 Å². The van der Waals surface area contributed by atoms with Crippen LogP contribution < -0.4 is 5.32 Å². The average Bonchev–Trinajstić information content (AvgIpc) is 3.18. The molecule has 0 spiro atoms. The molecule has 7 nitrogen and oxygen atoms in total. The highest BCUT2D eigenvalue weighted by atomic mass is 32.2. The number of aromatic nitrogens is 1. The molecular formula is C22H21FN2O5S2.